The van der Waals surface area contributed by atoms with Crippen LogP contribution in [0, 0.1) is 0 Å². The lowest BCUT2D eigenvalue weighted by atomic mass is 9.78. The molecule has 0 aromatic heterocycles. The Morgan fingerprint density at radius 2 is 1.56 bits per heavy atom. The monoisotopic (exact) mass is 365 g/mol. The third-order valence-corrected chi connectivity index (χ3v) is 5.51. The molecule has 2 aromatic carbocycles. The van der Waals surface area contributed by atoms with E-state index in [2.05, 4.69) is 19.2 Å². The molecule has 5 heteroatoms. The van der Waals surface area contributed by atoms with E-state index in [0.29, 0.717) is 11.5 Å². The van der Waals surface area contributed by atoms with Gasteiger partial charge in [-0.3, -0.25) is 4.79 Å². The number of benzene rings is 2. The van der Waals surface area contributed by atoms with Crippen LogP contribution in [-0.2, 0) is 9.31 Å². The molecule has 1 aliphatic rings. The van der Waals surface area contributed by atoms with Crippen LogP contribution < -0.4 is 10.8 Å². The first kappa shape index (κ1) is 19.7. The minimum Gasteiger partial charge on any atom is -0.399 e. The van der Waals surface area contributed by atoms with Crippen molar-refractivity contribution in [3.63, 3.8) is 0 Å². The van der Waals surface area contributed by atoms with Gasteiger partial charge in [0.15, 0.2) is 0 Å². The fourth-order valence-corrected chi connectivity index (χ4v) is 2.96. The average molecular weight is 365 g/mol. The number of carbonyl (C=O) groups is 1. The predicted octanol–water partition coefficient (Wildman–Crippen LogP) is 4.36. The van der Waals surface area contributed by atoms with Gasteiger partial charge in [-0.1, -0.05) is 38.1 Å². The van der Waals surface area contributed by atoms with Gasteiger partial charge in [0.2, 0.25) is 0 Å². The molecule has 3 rings (SSSR count). The Balaban J connectivity index is 1.74. The van der Waals surface area contributed by atoms with E-state index >= 15 is 0 Å². The molecule has 1 N–H and O–H groups in total. The average Bonchev–Trinajstić information content (AvgIpc) is 2.83. The van der Waals surface area contributed by atoms with Crippen molar-refractivity contribution in [2.24, 2.45) is 0 Å². The minimum absolute atomic E-state index is 0.148. The van der Waals surface area contributed by atoms with Gasteiger partial charge in [0.05, 0.1) is 11.2 Å². The summed E-state index contributed by atoms with van der Waals surface area (Å²) in [6.07, 6.45) is 0. The van der Waals surface area contributed by atoms with E-state index in [4.69, 9.17) is 9.31 Å². The van der Waals surface area contributed by atoms with Crippen LogP contribution in [0.4, 0.5) is 5.69 Å². The summed E-state index contributed by atoms with van der Waals surface area (Å²) in [6.45, 7) is 12.4. The summed E-state index contributed by atoms with van der Waals surface area (Å²) >= 11 is 0. The Bertz CT molecular complexity index is 812. The van der Waals surface area contributed by atoms with E-state index in [1.54, 1.807) is 6.07 Å². The normalized spacial score (nSPS) is 18.0. The Hall–Kier alpha value is -2.11. The molecule has 1 amide bonds. The molecule has 4 nitrogen and oxygen atoms in total. The molecule has 1 saturated heterocycles. The maximum Gasteiger partial charge on any atom is 0.494 e. The van der Waals surface area contributed by atoms with E-state index in [-0.39, 0.29) is 5.91 Å². The fourth-order valence-electron chi connectivity index (χ4n) is 2.96. The molecule has 142 valence electrons. The Labute approximate surface area is 162 Å². The van der Waals surface area contributed by atoms with Gasteiger partial charge in [0.25, 0.3) is 5.91 Å². The second kappa shape index (κ2) is 7.14. The van der Waals surface area contributed by atoms with Crippen LogP contribution in [0.5, 0.6) is 0 Å². The molecule has 0 spiro atoms. The van der Waals surface area contributed by atoms with E-state index in [0.717, 1.165) is 11.2 Å². The fraction of sp³-hybridized carbons (Fsp3) is 0.409. The Kier molecular flexibility index (Phi) is 5.19. The van der Waals surface area contributed by atoms with Crippen molar-refractivity contribution < 1.29 is 14.1 Å². The molecule has 0 bridgehead atoms. The summed E-state index contributed by atoms with van der Waals surface area (Å²) in [7, 11) is -0.479. The molecule has 0 saturated carbocycles. The lowest BCUT2D eigenvalue weighted by molar-refractivity contribution is 0.00578. The minimum atomic E-state index is -0.479. The highest BCUT2D eigenvalue weighted by molar-refractivity contribution is 6.62. The maximum absolute atomic E-state index is 12.7. The second-order valence-corrected chi connectivity index (χ2v) is 8.44. The van der Waals surface area contributed by atoms with Gasteiger partial charge >= 0.3 is 7.12 Å². The van der Waals surface area contributed by atoms with E-state index in [9.17, 15) is 4.79 Å². The van der Waals surface area contributed by atoms with Crippen LogP contribution in [0.15, 0.2) is 48.5 Å². The van der Waals surface area contributed by atoms with Gasteiger partial charge in [-0.15, -0.1) is 0 Å². The first-order chi connectivity index (χ1) is 12.6. The molecule has 1 fully saturated rings. The van der Waals surface area contributed by atoms with E-state index in [1.165, 1.54) is 5.56 Å². The van der Waals surface area contributed by atoms with Gasteiger partial charge in [-0.05, 0) is 68.9 Å². The van der Waals surface area contributed by atoms with E-state index in [1.807, 2.05) is 70.2 Å². The lowest BCUT2D eigenvalue weighted by Gasteiger charge is -2.32. The zero-order valence-electron chi connectivity index (χ0n) is 17.0. The molecular formula is C22H28BNO3. The molecule has 0 aliphatic carbocycles. The topological polar surface area (TPSA) is 47.6 Å². The van der Waals surface area contributed by atoms with Gasteiger partial charge in [0, 0.05) is 11.3 Å². The Morgan fingerprint density at radius 3 is 2.11 bits per heavy atom. The smallest absolute Gasteiger partial charge is 0.399 e. The highest BCUT2D eigenvalue weighted by Gasteiger charge is 2.51. The summed E-state index contributed by atoms with van der Waals surface area (Å²) in [5.41, 5.74) is 2.63. The maximum atomic E-state index is 12.7. The van der Waals surface area contributed by atoms with Crippen LogP contribution in [0.25, 0.3) is 0 Å². The number of nitrogens with one attached hydrogen (secondary N) is 1. The molecule has 0 unspecified atom stereocenters. The number of amides is 1. The summed E-state index contributed by atoms with van der Waals surface area (Å²) < 4.78 is 12.2. The first-order valence-corrected chi connectivity index (χ1v) is 9.46. The lowest BCUT2D eigenvalue weighted by Crippen LogP contribution is -2.41. The summed E-state index contributed by atoms with van der Waals surface area (Å²) in [5, 5.41) is 2.95. The van der Waals surface area contributed by atoms with Gasteiger partial charge in [-0.2, -0.15) is 0 Å². The molecule has 1 aliphatic heterocycles. The van der Waals surface area contributed by atoms with Gasteiger partial charge < -0.3 is 14.6 Å². The van der Waals surface area contributed by atoms with Gasteiger partial charge in [0.1, 0.15) is 0 Å². The predicted molar refractivity (Wildman–Crippen MR) is 111 cm³/mol. The molecule has 2 aromatic rings. The van der Waals surface area contributed by atoms with Crippen molar-refractivity contribution in [3.05, 3.63) is 59.7 Å². The van der Waals surface area contributed by atoms with Crippen LogP contribution >= 0.6 is 0 Å². The second-order valence-electron chi connectivity index (χ2n) is 8.44. The van der Waals surface area contributed by atoms with Crippen LogP contribution in [0.3, 0.4) is 0 Å². The Morgan fingerprint density at radius 1 is 0.963 bits per heavy atom. The summed E-state index contributed by atoms with van der Waals surface area (Å²) in [4.78, 5) is 12.7. The highest BCUT2D eigenvalue weighted by Crippen LogP contribution is 2.36. The highest BCUT2D eigenvalue weighted by atomic mass is 16.7. The standard InChI is InChI=1S/C22H28BNO3/c1-15(2)16-10-12-19(13-11-16)24-20(25)17-8-7-9-18(14-17)23-26-21(3,4)22(5,6)27-23/h7-15H,1-6H3,(H,24,25). The quantitative estimate of drug-likeness (QED) is 0.819. The van der Waals surface area contributed by atoms with Crippen molar-refractivity contribution in [2.45, 2.75) is 58.7 Å². The largest absolute Gasteiger partial charge is 0.494 e. The van der Waals surface area contributed by atoms with Crippen molar-refractivity contribution >= 4 is 24.2 Å². The van der Waals surface area contributed by atoms with Crippen LogP contribution in [0.2, 0.25) is 0 Å². The molecular weight excluding hydrogens is 337 g/mol. The molecule has 0 radical (unpaired) electrons. The van der Waals surface area contributed by atoms with Crippen molar-refractivity contribution in [1.29, 1.82) is 0 Å². The molecule has 0 atom stereocenters. The number of anilines is 1. The van der Waals surface area contributed by atoms with Crippen molar-refractivity contribution in [2.75, 3.05) is 5.32 Å². The third kappa shape index (κ3) is 4.09. The van der Waals surface area contributed by atoms with Crippen molar-refractivity contribution in [3.8, 4) is 0 Å². The number of hydrogen-bond donors (Lipinski definition) is 1. The zero-order chi connectivity index (χ0) is 19.8. The van der Waals surface area contributed by atoms with Gasteiger partial charge in [-0.25, -0.2) is 0 Å². The third-order valence-electron chi connectivity index (χ3n) is 5.51. The summed E-state index contributed by atoms with van der Waals surface area (Å²) in [6, 6.07) is 15.4. The number of carbonyl (C=O) groups excluding carboxylic acids is 1. The van der Waals surface area contributed by atoms with E-state index < -0.39 is 18.3 Å². The zero-order valence-corrected chi connectivity index (χ0v) is 17.0. The number of hydrogen-bond acceptors (Lipinski definition) is 3. The molecule has 27 heavy (non-hydrogen) atoms. The van der Waals surface area contributed by atoms with Crippen molar-refractivity contribution in [1.82, 2.24) is 0 Å². The first-order valence-electron chi connectivity index (χ1n) is 9.46. The summed E-state index contributed by atoms with van der Waals surface area (Å²) in [5.74, 6) is 0.317. The van der Waals surface area contributed by atoms with Crippen LogP contribution in [-0.4, -0.2) is 24.2 Å². The number of rotatable bonds is 4. The SMILES string of the molecule is CC(C)c1ccc(NC(=O)c2cccc(B3OC(C)(C)C(C)(C)O3)c2)cc1. The molecule has 1 heterocycles. The van der Waals surface area contributed by atoms with Crippen LogP contribution in [0.1, 0.15) is 63.4 Å².